The average molecular weight is 203 g/mol. The number of hydrogen-bond donors (Lipinski definition) is 1. The van der Waals surface area contributed by atoms with Crippen molar-refractivity contribution < 1.29 is 4.42 Å². The van der Waals surface area contributed by atoms with Crippen LogP contribution in [0.5, 0.6) is 0 Å². The molecule has 80 valence electrons. The number of furan rings is 1. The maximum absolute atomic E-state index is 5.76. The van der Waals surface area contributed by atoms with Crippen molar-refractivity contribution >= 4 is 0 Å². The minimum atomic E-state index is 0.248. The van der Waals surface area contributed by atoms with E-state index in [1.54, 1.807) is 0 Å². The van der Waals surface area contributed by atoms with Gasteiger partial charge in [-0.2, -0.15) is 0 Å². The molecule has 2 heterocycles. The summed E-state index contributed by atoms with van der Waals surface area (Å²) in [6.45, 7) is 1.13. The SMILES string of the molecule is c1cc2c(o1)C1(CC3CCCC31)NCC2. The van der Waals surface area contributed by atoms with Gasteiger partial charge in [0.1, 0.15) is 5.76 Å². The van der Waals surface area contributed by atoms with Gasteiger partial charge >= 0.3 is 0 Å². The molecule has 0 radical (unpaired) electrons. The Balaban J connectivity index is 1.80. The van der Waals surface area contributed by atoms with Gasteiger partial charge in [-0.05, 0) is 42.7 Å². The second-order valence-electron chi connectivity index (χ2n) is 5.42. The summed E-state index contributed by atoms with van der Waals surface area (Å²) < 4.78 is 5.76. The molecule has 1 aromatic rings. The van der Waals surface area contributed by atoms with Gasteiger partial charge in [-0.25, -0.2) is 0 Å². The van der Waals surface area contributed by atoms with Crippen LogP contribution < -0.4 is 5.32 Å². The van der Waals surface area contributed by atoms with Gasteiger partial charge in [-0.3, -0.25) is 0 Å². The van der Waals surface area contributed by atoms with Gasteiger partial charge in [0, 0.05) is 6.54 Å². The molecule has 1 aliphatic heterocycles. The van der Waals surface area contributed by atoms with Crippen molar-refractivity contribution in [1.82, 2.24) is 5.32 Å². The first kappa shape index (κ1) is 8.40. The van der Waals surface area contributed by atoms with Crippen molar-refractivity contribution in [2.45, 2.75) is 37.6 Å². The molecule has 0 bridgehead atoms. The van der Waals surface area contributed by atoms with Crippen molar-refractivity contribution in [3.05, 3.63) is 23.7 Å². The van der Waals surface area contributed by atoms with Crippen molar-refractivity contribution in [3.8, 4) is 0 Å². The van der Waals surface area contributed by atoms with Gasteiger partial charge in [0.05, 0.1) is 11.8 Å². The molecule has 15 heavy (non-hydrogen) atoms. The minimum absolute atomic E-state index is 0.248. The highest BCUT2D eigenvalue weighted by Gasteiger charge is 2.59. The Kier molecular flexibility index (Phi) is 1.50. The Morgan fingerprint density at radius 2 is 2.40 bits per heavy atom. The fraction of sp³-hybridized carbons (Fsp3) is 0.692. The maximum Gasteiger partial charge on any atom is 0.127 e. The zero-order chi connectivity index (χ0) is 9.88. The van der Waals surface area contributed by atoms with E-state index in [9.17, 15) is 0 Å². The number of hydrogen-bond acceptors (Lipinski definition) is 2. The molecular formula is C13H17NO. The molecule has 3 aliphatic rings. The minimum Gasteiger partial charge on any atom is -0.467 e. The Bertz CT molecular complexity index is 397. The van der Waals surface area contributed by atoms with Crippen LogP contribution in [-0.4, -0.2) is 6.54 Å². The Hall–Kier alpha value is -0.760. The summed E-state index contributed by atoms with van der Waals surface area (Å²) >= 11 is 0. The number of fused-ring (bicyclic) bond motifs is 4. The third kappa shape index (κ3) is 0.895. The first-order valence-electron chi connectivity index (χ1n) is 6.22. The summed E-state index contributed by atoms with van der Waals surface area (Å²) in [4.78, 5) is 0. The first-order chi connectivity index (χ1) is 7.40. The third-order valence-corrected chi connectivity index (χ3v) is 4.86. The van der Waals surface area contributed by atoms with Crippen LogP contribution in [0, 0.1) is 11.8 Å². The van der Waals surface area contributed by atoms with Gasteiger partial charge in [-0.15, -0.1) is 0 Å². The quantitative estimate of drug-likeness (QED) is 0.700. The largest absolute Gasteiger partial charge is 0.467 e. The van der Waals surface area contributed by atoms with E-state index >= 15 is 0 Å². The molecule has 2 aliphatic carbocycles. The van der Waals surface area contributed by atoms with E-state index in [4.69, 9.17) is 4.42 Å². The van der Waals surface area contributed by atoms with Gasteiger partial charge in [0.25, 0.3) is 0 Å². The Morgan fingerprint density at radius 3 is 3.33 bits per heavy atom. The van der Waals surface area contributed by atoms with Crippen molar-refractivity contribution in [2.75, 3.05) is 6.54 Å². The van der Waals surface area contributed by atoms with Gasteiger partial charge in [-0.1, -0.05) is 12.8 Å². The van der Waals surface area contributed by atoms with Crippen LogP contribution in [0.25, 0.3) is 0 Å². The molecular weight excluding hydrogens is 186 g/mol. The monoisotopic (exact) mass is 203 g/mol. The van der Waals surface area contributed by atoms with E-state index in [1.807, 2.05) is 6.26 Å². The van der Waals surface area contributed by atoms with E-state index < -0.39 is 0 Å². The number of rotatable bonds is 0. The fourth-order valence-corrected chi connectivity index (χ4v) is 4.22. The molecule has 4 rings (SSSR count). The Labute approximate surface area is 90.0 Å². The molecule has 0 aromatic carbocycles. The molecule has 0 amide bonds. The fourth-order valence-electron chi connectivity index (χ4n) is 4.22. The van der Waals surface area contributed by atoms with Gasteiger partial charge in [0.2, 0.25) is 0 Å². The van der Waals surface area contributed by atoms with Crippen LogP contribution in [-0.2, 0) is 12.0 Å². The standard InChI is InChI=1S/C13H17NO/c1-2-10-8-13(11(10)3-1)12-9(4-6-14-13)5-7-15-12/h5,7,10-11,14H,1-4,6,8H2. The van der Waals surface area contributed by atoms with E-state index in [1.165, 1.54) is 37.0 Å². The second kappa shape index (κ2) is 2.67. The van der Waals surface area contributed by atoms with Crippen molar-refractivity contribution in [2.24, 2.45) is 11.8 Å². The molecule has 3 atom stereocenters. The third-order valence-electron chi connectivity index (χ3n) is 4.86. The van der Waals surface area contributed by atoms with E-state index in [0.717, 1.165) is 24.8 Å². The highest BCUT2D eigenvalue weighted by molar-refractivity contribution is 5.33. The zero-order valence-corrected chi connectivity index (χ0v) is 8.96. The molecule has 1 spiro atoms. The van der Waals surface area contributed by atoms with Crippen LogP contribution in [0.4, 0.5) is 0 Å². The highest BCUT2D eigenvalue weighted by Crippen LogP contribution is 2.59. The van der Waals surface area contributed by atoms with E-state index in [2.05, 4.69) is 11.4 Å². The summed E-state index contributed by atoms with van der Waals surface area (Å²) in [7, 11) is 0. The van der Waals surface area contributed by atoms with Crippen LogP contribution in [0.1, 0.15) is 37.0 Å². The average Bonchev–Trinajstić information content (AvgIpc) is 2.82. The highest BCUT2D eigenvalue weighted by atomic mass is 16.3. The predicted octanol–water partition coefficient (Wildman–Crippen LogP) is 2.44. The lowest BCUT2D eigenvalue weighted by atomic mass is 9.58. The topological polar surface area (TPSA) is 25.2 Å². The van der Waals surface area contributed by atoms with E-state index in [0.29, 0.717) is 0 Å². The zero-order valence-electron chi connectivity index (χ0n) is 8.96. The summed E-state index contributed by atoms with van der Waals surface area (Å²) in [6, 6.07) is 2.17. The van der Waals surface area contributed by atoms with Crippen LogP contribution in [0.15, 0.2) is 16.7 Å². The molecule has 1 aromatic heterocycles. The predicted molar refractivity (Wildman–Crippen MR) is 57.5 cm³/mol. The van der Waals surface area contributed by atoms with Crippen molar-refractivity contribution in [3.63, 3.8) is 0 Å². The lowest BCUT2D eigenvalue weighted by Gasteiger charge is -2.54. The molecule has 1 N–H and O–H groups in total. The summed E-state index contributed by atoms with van der Waals surface area (Å²) in [5.74, 6) is 3.12. The molecule has 2 heteroatoms. The maximum atomic E-state index is 5.76. The van der Waals surface area contributed by atoms with Crippen molar-refractivity contribution in [1.29, 1.82) is 0 Å². The van der Waals surface area contributed by atoms with Crippen LogP contribution in [0.2, 0.25) is 0 Å². The van der Waals surface area contributed by atoms with Crippen LogP contribution >= 0.6 is 0 Å². The summed E-state index contributed by atoms with van der Waals surface area (Å²) in [6.07, 6.45) is 8.61. The molecule has 2 saturated carbocycles. The van der Waals surface area contributed by atoms with Crippen LogP contribution in [0.3, 0.4) is 0 Å². The molecule has 2 fully saturated rings. The molecule has 2 nitrogen and oxygen atoms in total. The molecule has 0 saturated heterocycles. The lowest BCUT2D eigenvalue weighted by Crippen LogP contribution is -2.60. The Morgan fingerprint density at radius 1 is 1.40 bits per heavy atom. The summed E-state index contributed by atoms with van der Waals surface area (Å²) in [5, 5.41) is 3.75. The summed E-state index contributed by atoms with van der Waals surface area (Å²) in [5.41, 5.74) is 1.71. The molecule has 3 unspecified atom stereocenters. The lowest BCUT2D eigenvalue weighted by molar-refractivity contribution is 0.000529. The van der Waals surface area contributed by atoms with E-state index in [-0.39, 0.29) is 5.54 Å². The van der Waals surface area contributed by atoms with Gasteiger partial charge < -0.3 is 9.73 Å². The van der Waals surface area contributed by atoms with Gasteiger partial charge in [0.15, 0.2) is 0 Å². The smallest absolute Gasteiger partial charge is 0.127 e. The number of nitrogens with one attached hydrogen (secondary N) is 1. The first-order valence-corrected chi connectivity index (χ1v) is 6.22. The second-order valence-corrected chi connectivity index (χ2v) is 5.42. The normalized spacial score (nSPS) is 42.4.